The van der Waals surface area contributed by atoms with Crippen LogP contribution in [0.1, 0.15) is 62.3 Å². The SMILES string of the molecule is CCCNC(=O)[C@H](C)N(Cc1ccccc1C)C(=O)CN(c1ccc(C(C)C)cc1)S(=O)(=O)c1ccc(C)cc1. The van der Waals surface area contributed by atoms with E-state index in [2.05, 4.69) is 19.2 Å². The van der Waals surface area contributed by atoms with Crippen LogP contribution in [-0.4, -0.2) is 44.3 Å². The minimum absolute atomic E-state index is 0.0954. The van der Waals surface area contributed by atoms with Gasteiger partial charge in [0.2, 0.25) is 11.8 Å². The molecule has 40 heavy (non-hydrogen) atoms. The average Bonchev–Trinajstić information content (AvgIpc) is 2.93. The van der Waals surface area contributed by atoms with Crippen LogP contribution in [0.2, 0.25) is 0 Å². The molecule has 0 saturated heterocycles. The fourth-order valence-corrected chi connectivity index (χ4v) is 5.76. The highest BCUT2D eigenvalue weighted by Gasteiger charge is 2.32. The predicted octanol–water partition coefficient (Wildman–Crippen LogP) is 5.57. The summed E-state index contributed by atoms with van der Waals surface area (Å²) in [5.41, 5.74) is 4.25. The van der Waals surface area contributed by atoms with Crippen molar-refractivity contribution in [2.75, 3.05) is 17.4 Å². The maximum absolute atomic E-state index is 14.0. The second kappa shape index (κ2) is 13.6. The van der Waals surface area contributed by atoms with E-state index in [0.29, 0.717) is 12.2 Å². The van der Waals surface area contributed by atoms with Crippen LogP contribution in [0.4, 0.5) is 5.69 Å². The minimum Gasteiger partial charge on any atom is -0.354 e. The molecule has 0 aliphatic rings. The van der Waals surface area contributed by atoms with Gasteiger partial charge in [0.1, 0.15) is 12.6 Å². The zero-order chi connectivity index (χ0) is 29.4. The first-order chi connectivity index (χ1) is 18.9. The first-order valence-electron chi connectivity index (χ1n) is 13.8. The third-order valence-corrected chi connectivity index (χ3v) is 8.84. The number of sulfonamides is 1. The van der Waals surface area contributed by atoms with E-state index < -0.39 is 28.5 Å². The summed E-state index contributed by atoms with van der Waals surface area (Å²) in [6.45, 7) is 11.8. The number of carbonyl (C=O) groups excluding carboxylic acids is 2. The molecule has 7 nitrogen and oxygen atoms in total. The van der Waals surface area contributed by atoms with E-state index in [1.807, 2.05) is 57.2 Å². The van der Waals surface area contributed by atoms with Gasteiger partial charge < -0.3 is 10.2 Å². The molecule has 0 bridgehead atoms. The zero-order valence-corrected chi connectivity index (χ0v) is 25.2. The summed E-state index contributed by atoms with van der Waals surface area (Å²) in [6, 6.07) is 20.7. The van der Waals surface area contributed by atoms with Crippen molar-refractivity contribution in [3.8, 4) is 0 Å². The number of amides is 2. The largest absolute Gasteiger partial charge is 0.354 e. The Labute approximate surface area is 239 Å². The summed E-state index contributed by atoms with van der Waals surface area (Å²) in [5, 5.41) is 2.87. The van der Waals surface area contributed by atoms with Gasteiger partial charge in [-0.25, -0.2) is 8.42 Å². The summed E-state index contributed by atoms with van der Waals surface area (Å²) >= 11 is 0. The van der Waals surface area contributed by atoms with Crippen molar-refractivity contribution in [1.82, 2.24) is 10.2 Å². The molecule has 3 rings (SSSR count). The summed E-state index contributed by atoms with van der Waals surface area (Å²) < 4.78 is 29.1. The molecule has 3 aromatic rings. The Kier molecular flexibility index (Phi) is 10.5. The van der Waals surface area contributed by atoms with E-state index in [1.165, 1.54) is 4.90 Å². The number of hydrogen-bond acceptors (Lipinski definition) is 4. The van der Waals surface area contributed by atoms with Crippen molar-refractivity contribution in [3.63, 3.8) is 0 Å². The number of carbonyl (C=O) groups is 2. The first-order valence-corrected chi connectivity index (χ1v) is 15.2. The lowest BCUT2D eigenvalue weighted by molar-refractivity contribution is -0.139. The van der Waals surface area contributed by atoms with Crippen molar-refractivity contribution in [2.45, 2.75) is 71.4 Å². The van der Waals surface area contributed by atoms with Gasteiger partial charge in [-0.3, -0.25) is 13.9 Å². The van der Waals surface area contributed by atoms with Crippen molar-refractivity contribution in [2.24, 2.45) is 0 Å². The summed E-state index contributed by atoms with van der Waals surface area (Å²) in [5.74, 6) is -0.478. The van der Waals surface area contributed by atoms with Gasteiger partial charge in [0.05, 0.1) is 10.6 Å². The molecule has 0 unspecified atom stereocenters. The van der Waals surface area contributed by atoms with Crippen LogP contribution in [0.5, 0.6) is 0 Å². The number of nitrogens with one attached hydrogen (secondary N) is 1. The molecule has 0 radical (unpaired) electrons. The maximum atomic E-state index is 14.0. The lowest BCUT2D eigenvalue weighted by Gasteiger charge is -2.32. The highest BCUT2D eigenvalue weighted by atomic mass is 32.2. The number of hydrogen-bond donors (Lipinski definition) is 1. The van der Waals surface area contributed by atoms with Gasteiger partial charge in [-0.2, -0.15) is 0 Å². The zero-order valence-electron chi connectivity index (χ0n) is 24.3. The molecule has 1 atom stereocenters. The lowest BCUT2D eigenvalue weighted by Crippen LogP contribution is -2.51. The van der Waals surface area contributed by atoms with Gasteiger partial charge in [-0.05, 0) is 74.1 Å². The van der Waals surface area contributed by atoms with Gasteiger partial charge in [-0.15, -0.1) is 0 Å². The van der Waals surface area contributed by atoms with Crippen LogP contribution in [0, 0.1) is 13.8 Å². The number of anilines is 1. The lowest BCUT2D eigenvalue weighted by atomic mass is 10.0. The Morgan fingerprint density at radius 2 is 1.50 bits per heavy atom. The molecule has 1 N–H and O–H groups in total. The maximum Gasteiger partial charge on any atom is 0.264 e. The summed E-state index contributed by atoms with van der Waals surface area (Å²) in [4.78, 5) is 28.6. The summed E-state index contributed by atoms with van der Waals surface area (Å²) in [7, 11) is -4.09. The normalized spacial score (nSPS) is 12.2. The molecule has 0 fully saturated rings. The smallest absolute Gasteiger partial charge is 0.264 e. The quantitative estimate of drug-likeness (QED) is 0.312. The van der Waals surface area contributed by atoms with Gasteiger partial charge in [0, 0.05) is 13.1 Å². The van der Waals surface area contributed by atoms with Crippen LogP contribution in [0.15, 0.2) is 77.7 Å². The van der Waals surface area contributed by atoms with E-state index in [9.17, 15) is 18.0 Å². The standard InChI is InChI=1S/C32H41N3O4S/c1-7-20-33-32(37)26(6)34(21-28-11-9-8-10-25(28)5)31(36)22-35(29-16-14-27(15-17-29)23(2)3)40(38,39)30-18-12-24(4)13-19-30/h8-19,23,26H,7,20-22H2,1-6H3,(H,33,37)/t26-/m0/s1. The fourth-order valence-electron chi connectivity index (χ4n) is 4.34. The van der Waals surface area contributed by atoms with Gasteiger partial charge in [-0.1, -0.05) is 74.9 Å². The Morgan fingerprint density at radius 1 is 0.875 bits per heavy atom. The number of nitrogens with zero attached hydrogens (tertiary/aromatic N) is 2. The molecular formula is C32H41N3O4S. The molecule has 0 aliphatic carbocycles. The molecule has 214 valence electrons. The number of aryl methyl sites for hydroxylation is 2. The van der Waals surface area contributed by atoms with Gasteiger partial charge >= 0.3 is 0 Å². The molecule has 3 aromatic carbocycles. The second-order valence-electron chi connectivity index (χ2n) is 10.5. The summed E-state index contributed by atoms with van der Waals surface area (Å²) in [6.07, 6.45) is 0.763. The van der Waals surface area contributed by atoms with Crippen LogP contribution in [0.3, 0.4) is 0 Å². The third-order valence-electron chi connectivity index (χ3n) is 7.05. The number of rotatable bonds is 12. The van der Waals surface area contributed by atoms with Crippen LogP contribution < -0.4 is 9.62 Å². The Morgan fingerprint density at radius 3 is 2.08 bits per heavy atom. The van der Waals surface area contributed by atoms with E-state index in [-0.39, 0.29) is 23.3 Å². The molecule has 0 saturated carbocycles. The molecule has 0 heterocycles. The van der Waals surface area contributed by atoms with Gasteiger partial charge in [0.25, 0.3) is 10.0 Å². The van der Waals surface area contributed by atoms with Crippen LogP contribution >= 0.6 is 0 Å². The van der Waals surface area contributed by atoms with Crippen molar-refractivity contribution >= 4 is 27.5 Å². The fraction of sp³-hybridized carbons (Fsp3) is 0.375. The monoisotopic (exact) mass is 563 g/mol. The minimum atomic E-state index is -4.09. The van der Waals surface area contributed by atoms with E-state index in [0.717, 1.165) is 33.0 Å². The van der Waals surface area contributed by atoms with Crippen molar-refractivity contribution < 1.29 is 18.0 Å². The van der Waals surface area contributed by atoms with Crippen LogP contribution in [0.25, 0.3) is 0 Å². The highest BCUT2D eigenvalue weighted by Crippen LogP contribution is 2.27. The van der Waals surface area contributed by atoms with E-state index in [4.69, 9.17) is 0 Å². The first kappa shape index (κ1) is 30.9. The van der Waals surface area contributed by atoms with Crippen LogP contribution in [-0.2, 0) is 26.2 Å². The molecule has 8 heteroatoms. The molecule has 0 spiro atoms. The second-order valence-corrected chi connectivity index (χ2v) is 12.3. The molecule has 0 aromatic heterocycles. The average molecular weight is 564 g/mol. The Bertz CT molecular complexity index is 1400. The van der Waals surface area contributed by atoms with Crippen molar-refractivity contribution in [3.05, 3.63) is 95.1 Å². The molecular weight excluding hydrogens is 522 g/mol. The van der Waals surface area contributed by atoms with E-state index >= 15 is 0 Å². The third kappa shape index (κ3) is 7.50. The highest BCUT2D eigenvalue weighted by molar-refractivity contribution is 7.92. The molecule has 2 amide bonds. The van der Waals surface area contributed by atoms with Gasteiger partial charge in [0.15, 0.2) is 0 Å². The predicted molar refractivity (Wildman–Crippen MR) is 161 cm³/mol. The number of benzene rings is 3. The molecule has 0 aliphatic heterocycles. The Balaban J connectivity index is 2.04. The Hall–Kier alpha value is -3.65. The van der Waals surface area contributed by atoms with Crippen molar-refractivity contribution in [1.29, 1.82) is 0 Å². The van der Waals surface area contributed by atoms with E-state index in [1.54, 1.807) is 43.3 Å². The topological polar surface area (TPSA) is 86.8 Å².